The Kier molecular flexibility index (Phi) is 5.62. The van der Waals surface area contributed by atoms with E-state index in [2.05, 4.69) is 5.32 Å². The minimum atomic E-state index is -3.47. The van der Waals surface area contributed by atoms with Gasteiger partial charge in [0.1, 0.15) is 5.75 Å². The molecule has 0 aliphatic carbocycles. The number of carbonyl (C=O) groups excluding carboxylic acids is 1. The largest absolute Gasteiger partial charge is 0.494 e. The quantitative estimate of drug-likeness (QED) is 0.872. The zero-order valence-electron chi connectivity index (χ0n) is 13.9. The minimum absolute atomic E-state index is 0.0291. The number of nitrogens with one attached hydrogen (secondary N) is 1. The van der Waals surface area contributed by atoms with Gasteiger partial charge in [-0.1, -0.05) is 24.3 Å². The van der Waals surface area contributed by atoms with Crippen LogP contribution in [-0.4, -0.2) is 27.2 Å². The van der Waals surface area contributed by atoms with Crippen LogP contribution in [0.25, 0.3) is 0 Å². The van der Waals surface area contributed by atoms with Gasteiger partial charge in [-0.25, -0.2) is 8.42 Å². The molecule has 0 unspecified atom stereocenters. The molecule has 0 aromatic heterocycles. The van der Waals surface area contributed by atoms with Crippen LogP contribution in [0.5, 0.6) is 5.75 Å². The van der Waals surface area contributed by atoms with Crippen LogP contribution in [0.3, 0.4) is 0 Å². The third kappa shape index (κ3) is 4.35. The molecule has 128 valence electrons. The molecule has 1 N–H and O–H groups in total. The first-order chi connectivity index (χ1) is 11.3. The summed E-state index contributed by atoms with van der Waals surface area (Å²) in [5.41, 5.74) is 1.06. The molecular formula is C18H21NO4S. The number of carbonyl (C=O) groups is 1. The Balaban J connectivity index is 2.18. The Morgan fingerprint density at radius 2 is 1.75 bits per heavy atom. The number of sulfone groups is 1. The summed E-state index contributed by atoms with van der Waals surface area (Å²) in [5, 5.41) is 2.83. The minimum Gasteiger partial charge on any atom is -0.494 e. The van der Waals surface area contributed by atoms with Crippen molar-refractivity contribution in [2.75, 3.05) is 12.9 Å². The predicted octanol–water partition coefficient (Wildman–Crippen LogP) is 2.98. The highest BCUT2D eigenvalue weighted by Crippen LogP contribution is 2.20. The molecule has 2 aromatic carbocycles. The number of hydrogen-bond donors (Lipinski definition) is 1. The Hall–Kier alpha value is -2.34. The maximum absolute atomic E-state index is 12.5. The summed E-state index contributed by atoms with van der Waals surface area (Å²) in [6.07, 6.45) is 1.09. The van der Waals surface area contributed by atoms with E-state index in [9.17, 15) is 13.2 Å². The SMILES string of the molecule is CCOc1ccc([C@H](C)NC(=O)c2ccccc2S(C)(=O)=O)cc1. The van der Waals surface area contributed by atoms with Crippen molar-refractivity contribution >= 4 is 15.7 Å². The van der Waals surface area contributed by atoms with Gasteiger partial charge < -0.3 is 10.1 Å². The average Bonchev–Trinajstić information content (AvgIpc) is 2.55. The van der Waals surface area contributed by atoms with Crippen molar-refractivity contribution in [3.05, 3.63) is 59.7 Å². The van der Waals surface area contributed by atoms with Gasteiger partial charge in [0.05, 0.1) is 23.1 Å². The van der Waals surface area contributed by atoms with E-state index < -0.39 is 15.7 Å². The molecule has 5 nitrogen and oxygen atoms in total. The topological polar surface area (TPSA) is 72.5 Å². The second-order valence-corrected chi connectivity index (χ2v) is 7.45. The van der Waals surface area contributed by atoms with Crippen LogP contribution in [0.15, 0.2) is 53.4 Å². The molecule has 0 aliphatic heterocycles. The van der Waals surface area contributed by atoms with Gasteiger partial charge in [0.2, 0.25) is 0 Å². The third-order valence-corrected chi connectivity index (χ3v) is 4.72. The van der Waals surface area contributed by atoms with E-state index in [-0.39, 0.29) is 16.5 Å². The van der Waals surface area contributed by atoms with Gasteiger partial charge in [-0.2, -0.15) is 0 Å². The van der Waals surface area contributed by atoms with E-state index in [0.29, 0.717) is 6.61 Å². The molecule has 0 radical (unpaired) electrons. The summed E-state index contributed by atoms with van der Waals surface area (Å²) >= 11 is 0. The molecular weight excluding hydrogens is 326 g/mol. The zero-order valence-corrected chi connectivity index (χ0v) is 14.8. The van der Waals surface area contributed by atoms with Gasteiger partial charge >= 0.3 is 0 Å². The predicted molar refractivity (Wildman–Crippen MR) is 93.0 cm³/mol. The summed E-state index contributed by atoms with van der Waals surface area (Å²) in [5.74, 6) is 0.347. The van der Waals surface area contributed by atoms with Crippen LogP contribution in [0.4, 0.5) is 0 Å². The van der Waals surface area contributed by atoms with E-state index in [1.807, 2.05) is 38.1 Å². The molecule has 0 saturated heterocycles. The van der Waals surface area contributed by atoms with E-state index in [0.717, 1.165) is 17.6 Å². The van der Waals surface area contributed by atoms with Crippen LogP contribution in [0.1, 0.15) is 35.8 Å². The maximum Gasteiger partial charge on any atom is 0.253 e. The zero-order chi connectivity index (χ0) is 17.7. The molecule has 1 amide bonds. The Bertz CT molecular complexity index is 813. The molecule has 0 spiro atoms. The lowest BCUT2D eigenvalue weighted by atomic mass is 10.1. The molecule has 0 saturated carbocycles. The summed E-state index contributed by atoms with van der Waals surface area (Å²) in [6, 6.07) is 13.4. The van der Waals surface area contributed by atoms with Gasteiger partial charge in [-0.15, -0.1) is 0 Å². The lowest BCUT2D eigenvalue weighted by Gasteiger charge is -2.16. The van der Waals surface area contributed by atoms with Gasteiger partial charge in [-0.3, -0.25) is 4.79 Å². The summed E-state index contributed by atoms with van der Waals surface area (Å²) in [7, 11) is -3.47. The fourth-order valence-corrected chi connectivity index (χ4v) is 3.24. The average molecular weight is 347 g/mol. The fraction of sp³-hybridized carbons (Fsp3) is 0.278. The van der Waals surface area contributed by atoms with Crippen LogP contribution < -0.4 is 10.1 Å². The highest BCUT2D eigenvalue weighted by Gasteiger charge is 2.19. The van der Waals surface area contributed by atoms with Gasteiger partial charge in [0, 0.05) is 6.26 Å². The number of rotatable bonds is 6. The van der Waals surface area contributed by atoms with Crippen LogP contribution >= 0.6 is 0 Å². The fourth-order valence-electron chi connectivity index (χ4n) is 2.35. The first-order valence-corrected chi connectivity index (χ1v) is 9.54. The highest BCUT2D eigenvalue weighted by molar-refractivity contribution is 7.90. The molecule has 2 rings (SSSR count). The van der Waals surface area contributed by atoms with E-state index in [4.69, 9.17) is 4.74 Å². The summed E-state index contributed by atoms with van der Waals surface area (Å²) in [4.78, 5) is 12.5. The number of amides is 1. The van der Waals surface area contributed by atoms with Crippen molar-refractivity contribution in [1.29, 1.82) is 0 Å². The number of benzene rings is 2. The monoisotopic (exact) mass is 347 g/mol. The molecule has 6 heteroatoms. The standard InChI is InChI=1S/C18H21NO4S/c1-4-23-15-11-9-14(10-12-15)13(2)19-18(20)16-7-5-6-8-17(16)24(3,21)22/h5-13H,4H2,1-3H3,(H,19,20)/t13-/m0/s1. The molecule has 0 bridgehead atoms. The van der Waals surface area contributed by atoms with Crippen molar-refractivity contribution in [2.45, 2.75) is 24.8 Å². The van der Waals surface area contributed by atoms with Gasteiger partial charge in [0.25, 0.3) is 5.91 Å². The molecule has 0 fully saturated rings. The highest BCUT2D eigenvalue weighted by atomic mass is 32.2. The molecule has 2 aromatic rings. The first-order valence-electron chi connectivity index (χ1n) is 7.65. The molecule has 24 heavy (non-hydrogen) atoms. The van der Waals surface area contributed by atoms with Gasteiger partial charge in [-0.05, 0) is 43.7 Å². The van der Waals surface area contributed by atoms with E-state index in [1.54, 1.807) is 12.1 Å². The molecule has 1 atom stereocenters. The first kappa shape index (κ1) is 18.0. The maximum atomic E-state index is 12.5. The molecule has 0 aliphatic rings. The lowest BCUT2D eigenvalue weighted by Crippen LogP contribution is -2.28. The number of ether oxygens (including phenoxy) is 1. The van der Waals surface area contributed by atoms with E-state index >= 15 is 0 Å². The summed E-state index contributed by atoms with van der Waals surface area (Å²) in [6.45, 7) is 4.35. The van der Waals surface area contributed by atoms with Gasteiger partial charge in [0.15, 0.2) is 9.84 Å². The summed E-state index contributed by atoms with van der Waals surface area (Å²) < 4.78 is 29.0. The van der Waals surface area contributed by atoms with Crippen molar-refractivity contribution in [2.24, 2.45) is 0 Å². The second kappa shape index (κ2) is 7.49. The second-order valence-electron chi connectivity index (χ2n) is 5.47. The van der Waals surface area contributed by atoms with Crippen molar-refractivity contribution < 1.29 is 17.9 Å². The third-order valence-electron chi connectivity index (χ3n) is 3.57. The smallest absolute Gasteiger partial charge is 0.253 e. The molecule has 0 heterocycles. The Morgan fingerprint density at radius 1 is 1.12 bits per heavy atom. The normalized spacial score (nSPS) is 12.5. The van der Waals surface area contributed by atoms with Crippen molar-refractivity contribution in [3.63, 3.8) is 0 Å². The number of hydrogen-bond acceptors (Lipinski definition) is 4. The van der Waals surface area contributed by atoms with Crippen molar-refractivity contribution in [1.82, 2.24) is 5.32 Å². The lowest BCUT2D eigenvalue weighted by molar-refractivity contribution is 0.0936. The Morgan fingerprint density at radius 3 is 2.33 bits per heavy atom. The van der Waals surface area contributed by atoms with Crippen LogP contribution in [0, 0.1) is 0 Å². The Labute approximate surface area is 142 Å². The van der Waals surface area contributed by atoms with Crippen LogP contribution in [0.2, 0.25) is 0 Å². The van der Waals surface area contributed by atoms with Crippen LogP contribution in [-0.2, 0) is 9.84 Å². The van der Waals surface area contributed by atoms with Crippen molar-refractivity contribution in [3.8, 4) is 5.75 Å². The van der Waals surface area contributed by atoms with E-state index in [1.165, 1.54) is 12.1 Å².